The Morgan fingerprint density at radius 3 is 2.62 bits per heavy atom. The topological polar surface area (TPSA) is 155 Å². The Kier molecular flexibility index (Phi) is 9.09. The molecule has 0 spiro atoms. The second-order valence-corrected chi connectivity index (χ2v) is 13.3. The van der Waals surface area contributed by atoms with Crippen LogP contribution in [0.25, 0.3) is 0 Å². The van der Waals surface area contributed by atoms with Gasteiger partial charge in [0.25, 0.3) is 0 Å². The number of hydrogen-bond donors (Lipinski definition) is 3. The lowest BCUT2D eigenvalue weighted by atomic mass is 10.0. The number of allylic oxidation sites excluding steroid dienone is 1. The average Bonchev–Trinajstić information content (AvgIpc) is 3.27. The van der Waals surface area contributed by atoms with Gasteiger partial charge < -0.3 is 30.1 Å². The second kappa shape index (κ2) is 12.7. The lowest BCUT2D eigenvalue weighted by Gasteiger charge is -2.30. The summed E-state index contributed by atoms with van der Waals surface area (Å²) in [5.74, 6) is -3.20. The predicted octanol–water partition coefficient (Wildman–Crippen LogP) is 3.62. The molecular formula is C32H41FN4O8. The summed E-state index contributed by atoms with van der Waals surface area (Å²) in [5.41, 5.74) is -1.22. The molecule has 45 heavy (non-hydrogen) atoms. The molecule has 12 nitrogen and oxygen atoms in total. The van der Waals surface area contributed by atoms with E-state index in [1.54, 1.807) is 32.9 Å². The number of hydrogen-bond acceptors (Lipinski definition) is 7. The van der Waals surface area contributed by atoms with Crippen LogP contribution in [0.2, 0.25) is 0 Å². The van der Waals surface area contributed by atoms with E-state index < -0.39 is 65.1 Å². The Morgan fingerprint density at radius 1 is 1.13 bits per heavy atom. The van der Waals surface area contributed by atoms with Gasteiger partial charge >= 0.3 is 18.2 Å². The van der Waals surface area contributed by atoms with Crippen LogP contribution < -0.4 is 10.6 Å². The fraction of sp³-hybridized carbons (Fsp3) is 0.594. The van der Waals surface area contributed by atoms with Gasteiger partial charge in [0.1, 0.15) is 35.1 Å². The van der Waals surface area contributed by atoms with Gasteiger partial charge in [0.15, 0.2) is 0 Å². The number of fused-ring (bicyclic) bond motifs is 3. The normalized spacial score (nSPS) is 29.2. The maximum atomic E-state index is 14.3. The van der Waals surface area contributed by atoms with E-state index in [-0.39, 0.29) is 44.8 Å². The quantitative estimate of drug-likeness (QED) is 0.429. The summed E-state index contributed by atoms with van der Waals surface area (Å²) in [4.78, 5) is 68.5. The van der Waals surface area contributed by atoms with Crippen molar-refractivity contribution in [2.75, 3.05) is 6.54 Å². The Morgan fingerprint density at radius 2 is 1.91 bits per heavy atom. The molecule has 1 aromatic carbocycles. The molecule has 1 saturated heterocycles. The molecule has 5 rings (SSSR count). The second-order valence-electron chi connectivity index (χ2n) is 13.3. The molecule has 2 fully saturated rings. The third kappa shape index (κ3) is 7.23. The average molecular weight is 629 g/mol. The van der Waals surface area contributed by atoms with E-state index >= 15 is 0 Å². The molecule has 244 valence electrons. The van der Waals surface area contributed by atoms with Crippen molar-refractivity contribution in [1.82, 2.24) is 20.4 Å². The highest BCUT2D eigenvalue weighted by Crippen LogP contribution is 2.45. The molecular weight excluding hydrogens is 587 g/mol. The number of amides is 4. The van der Waals surface area contributed by atoms with E-state index in [1.165, 1.54) is 15.9 Å². The Bertz CT molecular complexity index is 1390. The van der Waals surface area contributed by atoms with Gasteiger partial charge in [0, 0.05) is 24.4 Å². The molecule has 13 heteroatoms. The van der Waals surface area contributed by atoms with Crippen molar-refractivity contribution in [3.63, 3.8) is 0 Å². The number of carbonyl (C=O) groups excluding carboxylic acids is 4. The van der Waals surface area contributed by atoms with Gasteiger partial charge in [0.2, 0.25) is 11.8 Å². The number of carboxylic acid groups (broad SMARTS) is 1. The van der Waals surface area contributed by atoms with Gasteiger partial charge in [-0.25, -0.2) is 18.8 Å². The molecule has 0 bridgehead atoms. The summed E-state index contributed by atoms with van der Waals surface area (Å²) in [6.07, 6.45) is 4.66. The van der Waals surface area contributed by atoms with E-state index in [4.69, 9.17) is 9.47 Å². The zero-order valence-corrected chi connectivity index (χ0v) is 25.8. The van der Waals surface area contributed by atoms with Crippen LogP contribution in [0.15, 0.2) is 30.4 Å². The molecule has 5 atom stereocenters. The number of halogens is 1. The van der Waals surface area contributed by atoms with Crippen molar-refractivity contribution >= 4 is 30.0 Å². The molecule has 1 unspecified atom stereocenters. The Labute approximate surface area is 261 Å². The number of aliphatic carboxylic acids is 1. The molecule has 1 saturated carbocycles. The molecule has 3 N–H and O–H groups in total. The lowest BCUT2D eigenvalue weighted by molar-refractivity contribution is -0.145. The third-order valence-corrected chi connectivity index (χ3v) is 8.76. The van der Waals surface area contributed by atoms with Gasteiger partial charge in [-0.05, 0) is 58.1 Å². The maximum Gasteiger partial charge on any atom is 0.410 e. The monoisotopic (exact) mass is 628 g/mol. The largest absolute Gasteiger partial charge is 0.479 e. The lowest BCUT2D eigenvalue weighted by Crippen LogP contribution is -2.56. The van der Waals surface area contributed by atoms with Crippen LogP contribution in [-0.4, -0.2) is 80.7 Å². The van der Waals surface area contributed by atoms with Crippen molar-refractivity contribution in [3.05, 3.63) is 47.3 Å². The number of carbonyl (C=O) groups is 5. The Balaban J connectivity index is 1.37. The number of carboxylic acids is 1. The summed E-state index contributed by atoms with van der Waals surface area (Å²) in [6, 6.07) is 2.45. The maximum absolute atomic E-state index is 14.3. The highest BCUT2D eigenvalue weighted by Gasteiger charge is 2.61. The first kappa shape index (κ1) is 32.2. The minimum absolute atomic E-state index is 0.0258. The number of nitrogens with zero attached hydrogens (tertiary/aromatic N) is 2. The summed E-state index contributed by atoms with van der Waals surface area (Å²) < 4.78 is 25.4. The fourth-order valence-corrected chi connectivity index (χ4v) is 6.32. The highest BCUT2D eigenvalue weighted by molar-refractivity contribution is 5.96. The van der Waals surface area contributed by atoms with Gasteiger partial charge in [-0.3, -0.25) is 14.5 Å². The minimum Gasteiger partial charge on any atom is -0.479 e. The Hall–Kier alpha value is -4.16. The van der Waals surface area contributed by atoms with Crippen molar-refractivity contribution in [3.8, 4) is 0 Å². The molecule has 3 heterocycles. The molecule has 1 aromatic rings. The third-order valence-electron chi connectivity index (χ3n) is 8.76. The summed E-state index contributed by atoms with van der Waals surface area (Å²) in [5, 5.41) is 15.4. The number of benzene rings is 1. The van der Waals surface area contributed by atoms with Crippen LogP contribution >= 0.6 is 0 Å². The molecule has 4 amide bonds. The molecule has 0 radical (unpaired) electrons. The first-order chi connectivity index (χ1) is 21.3. The highest BCUT2D eigenvalue weighted by atomic mass is 19.1. The summed E-state index contributed by atoms with van der Waals surface area (Å²) in [7, 11) is 0. The SMILES string of the molecule is CC(C)(C)OC(=O)N[C@H]1CCCCC/C=C\[C@@H]2C[C@@]2(C(=O)O)NC(=O)C2C[C@@H](OC(=O)N3Cc4cccc(F)c4C3)CN2C1=O. The molecule has 3 aliphatic heterocycles. The summed E-state index contributed by atoms with van der Waals surface area (Å²) >= 11 is 0. The van der Waals surface area contributed by atoms with Gasteiger partial charge in [-0.2, -0.15) is 0 Å². The van der Waals surface area contributed by atoms with E-state index in [9.17, 15) is 33.5 Å². The van der Waals surface area contributed by atoms with E-state index in [2.05, 4.69) is 10.6 Å². The van der Waals surface area contributed by atoms with E-state index in [0.717, 1.165) is 19.3 Å². The van der Waals surface area contributed by atoms with Gasteiger partial charge in [-0.15, -0.1) is 0 Å². The fourth-order valence-electron chi connectivity index (χ4n) is 6.32. The van der Waals surface area contributed by atoms with Crippen molar-refractivity contribution in [2.24, 2.45) is 5.92 Å². The first-order valence-corrected chi connectivity index (χ1v) is 15.5. The smallest absolute Gasteiger partial charge is 0.410 e. The van der Waals surface area contributed by atoms with Crippen LogP contribution in [0.5, 0.6) is 0 Å². The molecule has 4 aliphatic rings. The standard InChI is InChI=1S/C32H41FN4O8/c1-31(2,3)45-29(42)34-24-13-8-6-4-5-7-11-20-15-32(20,28(40)41)35-26(38)25-14-21(17-37(25)27(24)39)44-30(43)36-16-19-10-9-12-23(33)22(19)18-36/h7,9-12,20-21,24-25H,4-6,8,13-18H2,1-3H3,(H,34,42)(H,35,38)(H,40,41)/b11-7-/t20-,21-,24+,25?,32-/m1/s1. The predicted molar refractivity (Wildman–Crippen MR) is 158 cm³/mol. The van der Waals surface area contributed by atoms with Crippen LogP contribution in [0.4, 0.5) is 14.0 Å². The van der Waals surface area contributed by atoms with Crippen LogP contribution in [0.3, 0.4) is 0 Å². The summed E-state index contributed by atoms with van der Waals surface area (Å²) in [6.45, 7) is 5.15. The van der Waals surface area contributed by atoms with Crippen molar-refractivity contribution < 1.29 is 42.9 Å². The zero-order chi connectivity index (χ0) is 32.5. The molecule has 0 aromatic heterocycles. The number of ether oxygens (including phenoxy) is 2. The van der Waals surface area contributed by atoms with Crippen LogP contribution in [0, 0.1) is 11.7 Å². The van der Waals surface area contributed by atoms with E-state index in [0.29, 0.717) is 17.5 Å². The van der Waals surface area contributed by atoms with Crippen molar-refractivity contribution in [1.29, 1.82) is 0 Å². The molecule has 1 aliphatic carbocycles. The van der Waals surface area contributed by atoms with Gasteiger partial charge in [-0.1, -0.05) is 37.1 Å². The van der Waals surface area contributed by atoms with E-state index in [1.807, 2.05) is 12.2 Å². The van der Waals surface area contributed by atoms with Crippen LogP contribution in [-0.2, 0) is 36.9 Å². The minimum atomic E-state index is -1.49. The number of nitrogens with one attached hydrogen (secondary N) is 2. The number of rotatable bonds is 3. The zero-order valence-electron chi connectivity index (χ0n) is 25.8. The van der Waals surface area contributed by atoms with Crippen LogP contribution in [0.1, 0.15) is 76.8 Å². The van der Waals surface area contributed by atoms with Crippen molar-refractivity contribution in [2.45, 2.75) is 108 Å². The number of alkyl carbamates (subject to hydrolysis) is 1. The first-order valence-electron chi connectivity index (χ1n) is 15.5. The van der Waals surface area contributed by atoms with Gasteiger partial charge in [0.05, 0.1) is 13.1 Å².